The molecule has 0 unspecified atom stereocenters. The summed E-state index contributed by atoms with van der Waals surface area (Å²) in [5, 5.41) is 5.65. The molecule has 25 heavy (non-hydrogen) atoms. The Bertz CT molecular complexity index is 894. The second kappa shape index (κ2) is 7.09. The van der Waals surface area contributed by atoms with Crippen LogP contribution in [0.4, 0.5) is 25.8 Å². The highest BCUT2D eigenvalue weighted by Crippen LogP contribution is 2.19. The Balaban J connectivity index is 1.67. The Labute approximate surface area is 143 Å². The molecule has 0 aliphatic rings. The first-order valence-corrected chi connectivity index (χ1v) is 7.57. The predicted molar refractivity (Wildman–Crippen MR) is 93.0 cm³/mol. The Morgan fingerprint density at radius 1 is 0.880 bits per heavy atom. The van der Waals surface area contributed by atoms with Crippen LogP contribution in [-0.4, -0.2) is 10.9 Å². The zero-order valence-electron chi connectivity index (χ0n) is 13.4. The Morgan fingerprint density at radius 2 is 1.56 bits per heavy atom. The van der Waals surface area contributed by atoms with Crippen LogP contribution in [0, 0.1) is 18.6 Å². The minimum atomic E-state index is -0.938. The molecule has 0 fully saturated rings. The van der Waals surface area contributed by atoms with Crippen molar-refractivity contribution in [3.05, 3.63) is 83.7 Å². The van der Waals surface area contributed by atoms with E-state index in [9.17, 15) is 13.6 Å². The van der Waals surface area contributed by atoms with Crippen molar-refractivity contribution in [2.75, 3.05) is 10.6 Å². The van der Waals surface area contributed by atoms with Crippen molar-refractivity contribution >= 4 is 23.0 Å². The van der Waals surface area contributed by atoms with Crippen LogP contribution >= 0.6 is 0 Å². The predicted octanol–water partition coefficient (Wildman–Crippen LogP) is 4.66. The number of nitrogens with zero attached hydrogens (tertiary/aromatic N) is 1. The number of halogens is 2. The lowest BCUT2D eigenvalue weighted by atomic mass is 10.2. The fraction of sp³-hybridized carbons (Fsp3) is 0.0526. The highest BCUT2D eigenvalue weighted by atomic mass is 19.2. The number of anilines is 3. The molecule has 2 aromatic carbocycles. The van der Waals surface area contributed by atoms with Crippen LogP contribution in [0.1, 0.15) is 16.1 Å². The summed E-state index contributed by atoms with van der Waals surface area (Å²) in [6.45, 7) is 1.96. The molecule has 3 rings (SSSR count). The molecule has 6 heteroatoms. The molecule has 0 saturated heterocycles. The van der Waals surface area contributed by atoms with Crippen LogP contribution < -0.4 is 10.6 Å². The highest BCUT2D eigenvalue weighted by molar-refractivity contribution is 6.02. The number of rotatable bonds is 4. The van der Waals surface area contributed by atoms with Crippen molar-refractivity contribution < 1.29 is 13.6 Å². The van der Waals surface area contributed by atoms with Crippen LogP contribution in [0.15, 0.2) is 60.8 Å². The van der Waals surface area contributed by atoms with Gasteiger partial charge in [0.2, 0.25) is 0 Å². The molecule has 0 spiro atoms. The fourth-order valence-corrected chi connectivity index (χ4v) is 2.17. The van der Waals surface area contributed by atoms with Crippen molar-refractivity contribution in [1.29, 1.82) is 0 Å². The van der Waals surface area contributed by atoms with E-state index in [2.05, 4.69) is 15.6 Å². The maximum atomic E-state index is 13.2. The molecule has 0 radical (unpaired) electrons. The van der Waals surface area contributed by atoms with Crippen LogP contribution in [-0.2, 0) is 0 Å². The van der Waals surface area contributed by atoms with Gasteiger partial charge in [0.1, 0.15) is 5.69 Å². The first-order valence-electron chi connectivity index (χ1n) is 7.57. The molecular weight excluding hydrogens is 324 g/mol. The van der Waals surface area contributed by atoms with Gasteiger partial charge in [-0.15, -0.1) is 0 Å². The number of benzene rings is 2. The SMILES string of the molecule is Cc1ccc(NC(=O)c2ccc(Nc3ccc(F)c(F)c3)cn2)cc1. The van der Waals surface area contributed by atoms with E-state index in [4.69, 9.17) is 0 Å². The summed E-state index contributed by atoms with van der Waals surface area (Å²) in [5.74, 6) is -2.18. The molecule has 3 aromatic rings. The number of carbonyl (C=O) groups is 1. The van der Waals surface area contributed by atoms with E-state index in [0.29, 0.717) is 17.1 Å². The summed E-state index contributed by atoms with van der Waals surface area (Å²) in [5.41, 5.74) is 2.97. The van der Waals surface area contributed by atoms with E-state index >= 15 is 0 Å². The van der Waals surface area contributed by atoms with E-state index in [1.807, 2.05) is 31.2 Å². The Morgan fingerprint density at radius 3 is 2.20 bits per heavy atom. The number of carbonyl (C=O) groups excluding carboxylic acids is 1. The second-order valence-electron chi connectivity index (χ2n) is 5.51. The standard InChI is InChI=1S/C19H15F2N3O/c1-12-2-4-13(5-3-12)24-19(25)18-9-7-15(11-22-18)23-14-6-8-16(20)17(21)10-14/h2-11,23H,1H3,(H,24,25). The third-order valence-corrected chi connectivity index (χ3v) is 3.51. The average molecular weight is 339 g/mol. The van der Waals surface area contributed by atoms with E-state index in [0.717, 1.165) is 17.7 Å². The lowest BCUT2D eigenvalue weighted by Crippen LogP contribution is -2.13. The van der Waals surface area contributed by atoms with Gasteiger partial charge < -0.3 is 10.6 Å². The molecule has 0 bridgehead atoms. The third kappa shape index (κ3) is 4.17. The van der Waals surface area contributed by atoms with Crippen LogP contribution in [0.2, 0.25) is 0 Å². The Kier molecular flexibility index (Phi) is 4.70. The summed E-state index contributed by atoms with van der Waals surface area (Å²) < 4.78 is 26.1. The van der Waals surface area contributed by atoms with E-state index < -0.39 is 11.6 Å². The van der Waals surface area contributed by atoms with E-state index in [1.54, 1.807) is 12.1 Å². The highest BCUT2D eigenvalue weighted by Gasteiger charge is 2.08. The molecule has 2 N–H and O–H groups in total. The van der Waals surface area contributed by atoms with Crippen molar-refractivity contribution in [2.24, 2.45) is 0 Å². The minimum absolute atomic E-state index is 0.247. The lowest BCUT2D eigenvalue weighted by Gasteiger charge is -2.08. The van der Waals surface area contributed by atoms with Gasteiger partial charge in [-0.2, -0.15) is 0 Å². The molecule has 1 amide bonds. The summed E-state index contributed by atoms with van der Waals surface area (Å²) in [7, 11) is 0. The van der Waals surface area contributed by atoms with Crippen molar-refractivity contribution in [3.63, 3.8) is 0 Å². The summed E-state index contributed by atoms with van der Waals surface area (Å²) in [6.07, 6.45) is 1.45. The quantitative estimate of drug-likeness (QED) is 0.727. The first kappa shape index (κ1) is 16.6. The molecule has 126 valence electrons. The number of amides is 1. The van der Waals surface area contributed by atoms with E-state index in [-0.39, 0.29) is 11.6 Å². The molecule has 0 saturated carbocycles. The Hall–Kier alpha value is -3.28. The van der Waals surface area contributed by atoms with Gasteiger partial charge in [0, 0.05) is 17.4 Å². The molecule has 0 atom stereocenters. The number of nitrogens with one attached hydrogen (secondary N) is 2. The van der Waals surface area contributed by atoms with Crippen molar-refractivity contribution in [1.82, 2.24) is 4.98 Å². The fourth-order valence-electron chi connectivity index (χ4n) is 2.17. The van der Waals surface area contributed by atoms with Gasteiger partial charge in [-0.3, -0.25) is 4.79 Å². The van der Waals surface area contributed by atoms with Gasteiger partial charge in [-0.05, 0) is 43.3 Å². The number of aryl methyl sites for hydroxylation is 1. The van der Waals surface area contributed by atoms with Crippen LogP contribution in [0.3, 0.4) is 0 Å². The molecule has 4 nitrogen and oxygen atoms in total. The average Bonchev–Trinajstić information content (AvgIpc) is 2.61. The van der Waals surface area contributed by atoms with Crippen molar-refractivity contribution in [2.45, 2.75) is 6.92 Å². The maximum Gasteiger partial charge on any atom is 0.274 e. The van der Waals surface area contributed by atoms with Crippen molar-refractivity contribution in [3.8, 4) is 0 Å². The smallest absolute Gasteiger partial charge is 0.274 e. The minimum Gasteiger partial charge on any atom is -0.354 e. The van der Waals surface area contributed by atoms with Gasteiger partial charge in [0.05, 0.1) is 11.9 Å². The molecular formula is C19H15F2N3O. The van der Waals surface area contributed by atoms with Crippen LogP contribution in [0.25, 0.3) is 0 Å². The van der Waals surface area contributed by atoms with Gasteiger partial charge in [0.15, 0.2) is 11.6 Å². The first-order chi connectivity index (χ1) is 12.0. The molecule has 1 aromatic heterocycles. The molecule has 0 aliphatic heterocycles. The third-order valence-electron chi connectivity index (χ3n) is 3.51. The number of aromatic nitrogens is 1. The normalized spacial score (nSPS) is 10.4. The van der Waals surface area contributed by atoms with Gasteiger partial charge in [-0.25, -0.2) is 13.8 Å². The summed E-state index contributed by atoms with van der Waals surface area (Å²) >= 11 is 0. The molecule has 1 heterocycles. The van der Waals surface area contributed by atoms with Crippen LogP contribution in [0.5, 0.6) is 0 Å². The maximum absolute atomic E-state index is 13.2. The van der Waals surface area contributed by atoms with Gasteiger partial charge in [-0.1, -0.05) is 17.7 Å². The lowest BCUT2D eigenvalue weighted by molar-refractivity contribution is 0.102. The number of pyridine rings is 1. The summed E-state index contributed by atoms with van der Waals surface area (Å²) in [4.78, 5) is 16.3. The summed E-state index contributed by atoms with van der Waals surface area (Å²) in [6, 6.07) is 14.1. The zero-order valence-corrected chi connectivity index (χ0v) is 13.4. The molecule has 0 aliphatic carbocycles. The topological polar surface area (TPSA) is 54.0 Å². The monoisotopic (exact) mass is 339 g/mol. The largest absolute Gasteiger partial charge is 0.354 e. The zero-order chi connectivity index (χ0) is 17.8. The number of hydrogen-bond donors (Lipinski definition) is 2. The van der Waals surface area contributed by atoms with E-state index in [1.165, 1.54) is 12.3 Å². The van der Waals surface area contributed by atoms with Gasteiger partial charge >= 0.3 is 0 Å². The number of hydrogen-bond acceptors (Lipinski definition) is 3. The van der Waals surface area contributed by atoms with Gasteiger partial charge in [0.25, 0.3) is 5.91 Å². The second-order valence-corrected chi connectivity index (χ2v) is 5.51.